The third kappa shape index (κ3) is 12.7. The molecule has 0 spiro atoms. The van der Waals surface area contributed by atoms with Crippen molar-refractivity contribution in [2.45, 2.75) is 31.6 Å². The van der Waals surface area contributed by atoms with Crippen molar-refractivity contribution < 1.29 is 26.3 Å². The Morgan fingerprint density at radius 3 is 0.541 bits per heavy atom. The van der Waals surface area contributed by atoms with Crippen molar-refractivity contribution in [2.24, 2.45) is 0 Å². The normalized spacial score (nSPS) is 13.5. The molecule has 0 fully saturated rings. The van der Waals surface area contributed by atoms with Gasteiger partial charge in [0.1, 0.15) is 0 Å². The van der Waals surface area contributed by atoms with Gasteiger partial charge < -0.3 is 29.4 Å². The van der Waals surface area contributed by atoms with E-state index in [0.717, 1.165) is 114 Å². The van der Waals surface area contributed by atoms with Gasteiger partial charge in [0, 0.05) is 155 Å². The summed E-state index contributed by atoms with van der Waals surface area (Å²) in [6.07, 6.45) is 0. The minimum atomic E-state index is -5.82. The Morgan fingerprint density at radius 1 is 0.202 bits per heavy atom. The molecule has 0 saturated heterocycles. The lowest BCUT2D eigenvalue weighted by molar-refractivity contribution is -0.254. The largest absolute Gasteiger partial charge is 0.380 e. The van der Waals surface area contributed by atoms with Crippen LogP contribution in [0.15, 0.2) is 376 Å². The maximum Gasteiger partial charge on any atom is 0.380 e. The molecule has 0 saturated carbocycles. The molecule has 0 bridgehead atoms. The van der Waals surface area contributed by atoms with E-state index in [0.29, 0.717) is 20.8 Å². The van der Waals surface area contributed by atoms with Crippen molar-refractivity contribution in [2.75, 3.05) is 29.4 Å². The molecule has 0 atom stereocenters. The van der Waals surface area contributed by atoms with E-state index in [-0.39, 0.29) is 31.7 Å². The first-order valence-corrected chi connectivity index (χ1v) is 37.4. The summed E-state index contributed by atoms with van der Waals surface area (Å²) < 4.78 is 105. The molecule has 16 aromatic rings. The molecule has 6 nitrogen and oxygen atoms in total. The number of aryl methyl sites for hydroxylation is 2. The van der Waals surface area contributed by atoms with E-state index >= 15 is 26.3 Å². The highest BCUT2D eigenvalue weighted by Gasteiger charge is 2.80. The van der Waals surface area contributed by atoms with E-state index in [1.807, 2.05) is 362 Å². The van der Waals surface area contributed by atoms with Gasteiger partial charge in [-0.2, -0.15) is 26.3 Å². The number of fused-ring (bicyclic) bond motifs is 2. The molecule has 0 amide bonds. The molecule has 14 aromatic carbocycles. The fourth-order valence-electron chi connectivity index (χ4n) is 15.0. The number of halogens is 6. The van der Waals surface area contributed by atoms with Crippen LogP contribution in [0.3, 0.4) is 0 Å². The molecule has 0 radical (unpaired) electrons. The third-order valence-corrected chi connectivity index (χ3v) is 22.1. The first-order valence-electron chi connectivity index (χ1n) is 35.8. The maximum absolute atomic E-state index is 17.6. The zero-order valence-electron chi connectivity index (χ0n) is 59.1. The van der Waals surface area contributed by atoms with Crippen molar-refractivity contribution in [1.29, 1.82) is 0 Å². The lowest BCUT2D eigenvalue weighted by Gasteiger charge is -2.29. The van der Waals surface area contributed by atoms with Gasteiger partial charge in [-0.15, -0.1) is 22.7 Å². The molecule has 2 aromatic heterocycles. The zero-order chi connectivity index (χ0) is 74.4. The molecule has 0 N–H and O–H groups in total. The quantitative estimate of drug-likeness (QED) is 0.0704. The van der Waals surface area contributed by atoms with Crippen LogP contribution in [0.25, 0.3) is 31.3 Å². The van der Waals surface area contributed by atoms with Gasteiger partial charge in [0.15, 0.2) is 0 Å². The second kappa shape index (κ2) is 28.8. The highest BCUT2D eigenvalue weighted by molar-refractivity contribution is 7.19. The monoisotopic (exact) mass is 1470 g/mol. The highest BCUT2D eigenvalue weighted by Crippen LogP contribution is 2.67. The number of nitrogens with zero attached hydrogens (tertiary/aromatic N) is 6. The fourth-order valence-corrected chi connectivity index (χ4v) is 17.2. The smallest absolute Gasteiger partial charge is 0.311 e. The summed E-state index contributed by atoms with van der Waals surface area (Å²) in [6, 6.07) is 123. The van der Waals surface area contributed by atoms with Crippen LogP contribution in [0.5, 0.6) is 0 Å². The first-order chi connectivity index (χ1) is 53.2. The first kappa shape index (κ1) is 69.2. The van der Waals surface area contributed by atoms with E-state index in [1.165, 1.54) is 0 Å². The Morgan fingerprint density at radius 2 is 0.358 bits per heavy atom. The zero-order valence-corrected chi connectivity index (χ0v) is 60.7. The van der Waals surface area contributed by atoms with Crippen molar-refractivity contribution in [3.05, 3.63) is 397 Å². The minimum absolute atomic E-state index is 0.138. The predicted octanol–water partition coefficient (Wildman–Crippen LogP) is 29.4. The average Bonchev–Trinajstić information content (AvgIpc) is 1.51. The second-order valence-corrected chi connectivity index (χ2v) is 29.2. The lowest BCUT2D eigenvalue weighted by atomic mass is 9.91. The van der Waals surface area contributed by atoms with Crippen molar-refractivity contribution in [1.82, 2.24) is 0 Å². The van der Waals surface area contributed by atoms with E-state index in [4.69, 9.17) is 0 Å². The Hall–Kier alpha value is -12.9. The summed E-state index contributed by atoms with van der Waals surface area (Å²) in [5.74, 6) is -16.5. The second-order valence-electron chi connectivity index (χ2n) is 26.7. The highest BCUT2D eigenvalue weighted by atomic mass is 32.1. The molecule has 1 aliphatic carbocycles. The van der Waals surface area contributed by atoms with Gasteiger partial charge in [-0.3, -0.25) is 0 Å². The number of allylic oxidation sites excluding steroid dienone is 2. The number of thiophene rings is 2. The molecular weight excluding hydrogens is 1400 g/mol. The van der Waals surface area contributed by atoms with Crippen LogP contribution in [-0.4, -0.2) is 17.8 Å². The molecule has 109 heavy (non-hydrogen) atoms. The Balaban J connectivity index is 0.784. The summed E-state index contributed by atoms with van der Waals surface area (Å²) in [7, 11) is 0. The van der Waals surface area contributed by atoms with E-state index < -0.39 is 28.9 Å². The number of para-hydroxylation sites is 8. The summed E-state index contributed by atoms with van der Waals surface area (Å²) in [5.41, 5.74) is 11.8. The van der Waals surface area contributed by atoms with Crippen LogP contribution in [0.4, 0.5) is 129 Å². The van der Waals surface area contributed by atoms with E-state index in [9.17, 15) is 0 Å². The standard InChI is InChI=1S/C95H68F6N6S2/c1-65-89(85-61-59-83(63-87(85)108-65)106(79-51-43-75(44-52-79)102(67-27-11-3-12-28-67)68-29-13-4-14-30-68)80-53-45-76(46-54-80)103(69-31-15-5-16-32-69)70-33-17-6-18-34-70)91-92(94(98,99)95(100,101)93(91,96)97)90-66(2)109-88-64-84(60-62-86(88)90)107(81-55-47-77(48-56-81)104(71-35-19-7-20-36-71)72-37-21-8-22-38-72)82-57-49-78(50-58-82)105(73-39-23-9-24-40-73)74-41-25-10-26-42-74/h3-64H,1-2H3. The van der Waals surface area contributed by atoms with Crippen molar-refractivity contribution >= 4 is 156 Å². The summed E-state index contributed by atoms with van der Waals surface area (Å²) in [5, 5.41) is 0.275. The number of anilines is 18. The Bertz CT molecular complexity index is 5130. The summed E-state index contributed by atoms with van der Waals surface area (Å²) >= 11 is 2.19. The van der Waals surface area contributed by atoms with Crippen molar-refractivity contribution in [3.63, 3.8) is 0 Å². The van der Waals surface area contributed by atoms with Gasteiger partial charge >= 0.3 is 17.8 Å². The minimum Gasteiger partial charge on any atom is -0.311 e. The summed E-state index contributed by atoms with van der Waals surface area (Å²) in [6.45, 7) is 3.09. The number of benzene rings is 14. The number of alkyl halides is 6. The van der Waals surface area contributed by atoms with Gasteiger partial charge in [-0.1, -0.05) is 158 Å². The van der Waals surface area contributed by atoms with Crippen LogP contribution in [-0.2, 0) is 0 Å². The van der Waals surface area contributed by atoms with Crippen LogP contribution in [0, 0.1) is 13.8 Å². The molecule has 0 aliphatic heterocycles. The van der Waals surface area contributed by atoms with Gasteiger partial charge in [-0.05, 0) is 232 Å². The maximum atomic E-state index is 17.6. The van der Waals surface area contributed by atoms with Crippen LogP contribution >= 0.6 is 22.7 Å². The van der Waals surface area contributed by atoms with E-state index in [2.05, 4.69) is 19.6 Å². The molecule has 532 valence electrons. The number of rotatable bonds is 20. The van der Waals surface area contributed by atoms with Gasteiger partial charge in [0.05, 0.1) is 0 Å². The Kier molecular flexibility index (Phi) is 18.3. The van der Waals surface area contributed by atoms with Crippen LogP contribution in [0.2, 0.25) is 0 Å². The molecule has 2 heterocycles. The molecular formula is C95H68F6N6S2. The molecule has 0 unspecified atom stereocenters. The average molecular weight is 1470 g/mol. The van der Waals surface area contributed by atoms with Gasteiger partial charge in [0.25, 0.3) is 0 Å². The number of hydrogen-bond acceptors (Lipinski definition) is 8. The molecule has 17 rings (SSSR count). The van der Waals surface area contributed by atoms with Crippen molar-refractivity contribution in [3.8, 4) is 0 Å². The number of hydrogen-bond donors (Lipinski definition) is 0. The summed E-state index contributed by atoms with van der Waals surface area (Å²) in [4.78, 5) is 13.1. The SMILES string of the molecule is Cc1sc2cc(N(c3ccc(N(c4ccccc4)c4ccccc4)cc3)c3ccc(N(c4ccccc4)c4ccccc4)cc3)ccc2c1C1=C(c2c(C)sc3cc(N(c4ccc(N(c5ccccc5)c5ccccc5)cc4)c4ccc(N(c5ccccc5)c5ccccc5)cc4)ccc23)C(F)(F)C(F)(F)C1(F)F. The topological polar surface area (TPSA) is 19.4 Å². The molecule has 14 heteroatoms. The van der Waals surface area contributed by atoms with Crippen LogP contribution < -0.4 is 29.4 Å². The Labute approximate surface area is 636 Å². The predicted molar refractivity (Wildman–Crippen MR) is 443 cm³/mol. The van der Waals surface area contributed by atoms with Gasteiger partial charge in [0.2, 0.25) is 0 Å². The van der Waals surface area contributed by atoms with Gasteiger partial charge in [-0.25, -0.2) is 0 Å². The molecule has 1 aliphatic rings. The van der Waals surface area contributed by atoms with Crippen LogP contribution in [0.1, 0.15) is 20.9 Å². The fraction of sp³-hybridized carbons (Fsp3) is 0.0526. The third-order valence-electron chi connectivity index (χ3n) is 20.0. The lowest BCUT2D eigenvalue weighted by Crippen LogP contribution is -2.48. The van der Waals surface area contributed by atoms with E-state index in [1.54, 1.807) is 38.1 Å².